The molecule has 1 aromatic rings. The highest BCUT2D eigenvalue weighted by molar-refractivity contribution is 6.34. The predicted octanol–water partition coefficient (Wildman–Crippen LogP) is 1.73. The van der Waals surface area contributed by atoms with Crippen molar-refractivity contribution in [1.29, 1.82) is 0 Å². The third-order valence-electron chi connectivity index (χ3n) is 1.51. The molecule has 0 bridgehead atoms. The molecule has 14 heavy (non-hydrogen) atoms. The first-order chi connectivity index (χ1) is 6.65. The lowest BCUT2D eigenvalue weighted by molar-refractivity contribution is 0.114. The minimum atomic E-state index is -0.486. The van der Waals surface area contributed by atoms with Crippen LogP contribution in [0.1, 0.15) is 5.69 Å². The van der Waals surface area contributed by atoms with E-state index < -0.39 is 6.03 Å². The molecule has 2 N–H and O–H groups in total. The molecule has 1 aromatic heterocycles. The molecule has 6 heteroatoms. The van der Waals surface area contributed by atoms with Crippen LogP contribution in [0.3, 0.4) is 0 Å². The topological polar surface area (TPSA) is 63.2 Å². The van der Waals surface area contributed by atoms with Crippen LogP contribution in [-0.4, -0.2) is 18.1 Å². The Hall–Kier alpha value is -1.33. The van der Waals surface area contributed by atoms with Crippen LogP contribution < -0.4 is 10.8 Å². The largest absolute Gasteiger partial charge is 0.343 e. The standard InChI is InChI=1S/C8H10ClN3O2/c1-5-7(9)6(3-4-10-5)11-8(13)12-14-2/h3-4H,1-2H3,(H2,10,11,12,13). The number of aromatic nitrogens is 1. The summed E-state index contributed by atoms with van der Waals surface area (Å²) in [5.41, 5.74) is 3.26. The van der Waals surface area contributed by atoms with Crippen molar-refractivity contribution in [2.45, 2.75) is 6.92 Å². The maximum Gasteiger partial charge on any atom is 0.343 e. The molecule has 5 nitrogen and oxygen atoms in total. The van der Waals surface area contributed by atoms with E-state index in [2.05, 4.69) is 20.6 Å². The van der Waals surface area contributed by atoms with Crippen LogP contribution in [0.15, 0.2) is 12.3 Å². The molecule has 0 saturated heterocycles. The number of hydrogen-bond acceptors (Lipinski definition) is 3. The molecule has 0 unspecified atom stereocenters. The molecule has 1 rings (SSSR count). The van der Waals surface area contributed by atoms with Gasteiger partial charge >= 0.3 is 6.03 Å². The Bertz CT molecular complexity index is 343. The molecule has 0 aliphatic carbocycles. The molecule has 1 heterocycles. The van der Waals surface area contributed by atoms with Gasteiger partial charge in [0.2, 0.25) is 0 Å². The number of amides is 2. The number of halogens is 1. The van der Waals surface area contributed by atoms with Gasteiger partial charge in [-0.05, 0) is 13.0 Å². The molecule has 0 fully saturated rings. The van der Waals surface area contributed by atoms with Crippen molar-refractivity contribution in [3.63, 3.8) is 0 Å². The molecule has 0 atom stereocenters. The summed E-state index contributed by atoms with van der Waals surface area (Å²) in [5.74, 6) is 0. The van der Waals surface area contributed by atoms with Crippen LogP contribution in [0.2, 0.25) is 5.02 Å². The second kappa shape index (κ2) is 4.78. The summed E-state index contributed by atoms with van der Waals surface area (Å²) >= 11 is 5.89. The number of nitrogens with one attached hydrogen (secondary N) is 2. The van der Waals surface area contributed by atoms with Crippen molar-refractivity contribution in [2.75, 3.05) is 12.4 Å². The van der Waals surface area contributed by atoms with Gasteiger partial charge in [0.1, 0.15) is 0 Å². The Kier molecular flexibility index (Phi) is 3.67. The first kappa shape index (κ1) is 10.7. The van der Waals surface area contributed by atoms with Crippen LogP contribution >= 0.6 is 11.6 Å². The van der Waals surface area contributed by atoms with E-state index in [-0.39, 0.29) is 0 Å². The molecule has 0 saturated carbocycles. The van der Waals surface area contributed by atoms with E-state index in [1.165, 1.54) is 7.11 Å². The zero-order chi connectivity index (χ0) is 10.6. The monoisotopic (exact) mass is 215 g/mol. The molecule has 0 aliphatic heterocycles. The summed E-state index contributed by atoms with van der Waals surface area (Å²) in [4.78, 5) is 19.4. The maximum atomic E-state index is 11.0. The third kappa shape index (κ3) is 2.58. The Morgan fingerprint density at radius 3 is 3.00 bits per heavy atom. The van der Waals surface area contributed by atoms with E-state index in [4.69, 9.17) is 11.6 Å². The summed E-state index contributed by atoms with van der Waals surface area (Å²) in [6, 6.07) is 1.12. The Morgan fingerprint density at radius 2 is 2.36 bits per heavy atom. The summed E-state index contributed by atoms with van der Waals surface area (Å²) < 4.78 is 0. The Labute approximate surface area is 86.4 Å². The van der Waals surface area contributed by atoms with E-state index in [1.54, 1.807) is 19.2 Å². The van der Waals surface area contributed by atoms with Crippen LogP contribution in [0, 0.1) is 6.92 Å². The smallest absolute Gasteiger partial charge is 0.305 e. The SMILES string of the molecule is CONC(=O)Nc1ccnc(C)c1Cl. The molecule has 0 spiro atoms. The summed E-state index contributed by atoms with van der Waals surface area (Å²) in [6.45, 7) is 1.75. The highest BCUT2D eigenvalue weighted by atomic mass is 35.5. The first-order valence-electron chi connectivity index (χ1n) is 3.86. The minimum Gasteiger partial charge on any atom is -0.305 e. The summed E-state index contributed by atoms with van der Waals surface area (Å²) in [6.07, 6.45) is 1.56. The van der Waals surface area contributed by atoms with Gasteiger partial charge in [-0.1, -0.05) is 11.6 Å². The van der Waals surface area contributed by atoms with E-state index in [0.717, 1.165) is 0 Å². The third-order valence-corrected chi connectivity index (χ3v) is 1.98. The molecule has 0 aliphatic rings. The van der Waals surface area contributed by atoms with Gasteiger partial charge in [-0.3, -0.25) is 9.82 Å². The number of nitrogens with zero attached hydrogens (tertiary/aromatic N) is 1. The Morgan fingerprint density at radius 1 is 1.64 bits per heavy atom. The second-order valence-corrected chi connectivity index (χ2v) is 2.90. The number of hydroxylamine groups is 1. The molecule has 0 radical (unpaired) electrons. The fourth-order valence-electron chi connectivity index (χ4n) is 0.885. The van der Waals surface area contributed by atoms with Crippen molar-refractivity contribution >= 4 is 23.3 Å². The van der Waals surface area contributed by atoms with Crippen molar-refractivity contribution in [3.05, 3.63) is 23.0 Å². The summed E-state index contributed by atoms with van der Waals surface area (Å²) in [7, 11) is 1.35. The number of pyridine rings is 1. The average Bonchev–Trinajstić information content (AvgIpc) is 2.13. The van der Waals surface area contributed by atoms with E-state index >= 15 is 0 Å². The van der Waals surface area contributed by atoms with Crippen LogP contribution in [-0.2, 0) is 4.84 Å². The van der Waals surface area contributed by atoms with Gasteiger partial charge in [-0.2, -0.15) is 0 Å². The number of carbonyl (C=O) groups excluding carboxylic acids is 1. The van der Waals surface area contributed by atoms with E-state index in [9.17, 15) is 4.79 Å². The fraction of sp³-hybridized carbons (Fsp3) is 0.250. The van der Waals surface area contributed by atoms with Crippen molar-refractivity contribution < 1.29 is 9.63 Å². The number of aryl methyl sites for hydroxylation is 1. The lowest BCUT2D eigenvalue weighted by Gasteiger charge is -2.07. The van der Waals surface area contributed by atoms with Gasteiger partial charge in [-0.15, -0.1) is 0 Å². The van der Waals surface area contributed by atoms with Crippen molar-refractivity contribution in [1.82, 2.24) is 10.5 Å². The molecular weight excluding hydrogens is 206 g/mol. The Balaban J connectivity index is 2.76. The van der Waals surface area contributed by atoms with E-state index in [1.807, 2.05) is 0 Å². The summed E-state index contributed by atoms with van der Waals surface area (Å²) in [5, 5.41) is 2.92. The lowest BCUT2D eigenvalue weighted by Crippen LogP contribution is -2.27. The normalized spacial score (nSPS) is 9.64. The highest BCUT2D eigenvalue weighted by Crippen LogP contribution is 2.22. The van der Waals surface area contributed by atoms with E-state index in [0.29, 0.717) is 16.4 Å². The van der Waals surface area contributed by atoms with Gasteiger partial charge in [0, 0.05) is 6.20 Å². The molecule has 0 aromatic carbocycles. The van der Waals surface area contributed by atoms with Crippen LogP contribution in [0.5, 0.6) is 0 Å². The van der Waals surface area contributed by atoms with Crippen molar-refractivity contribution in [2.24, 2.45) is 0 Å². The highest BCUT2D eigenvalue weighted by Gasteiger charge is 2.06. The predicted molar refractivity (Wildman–Crippen MR) is 53.1 cm³/mol. The molecule has 76 valence electrons. The lowest BCUT2D eigenvalue weighted by atomic mass is 10.3. The maximum absolute atomic E-state index is 11.0. The van der Waals surface area contributed by atoms with Crippen LogP contribution in [0.25, 0.3) is 0 Å². The van der Waals surface area contributed by atoms with Crippen molar-refractivity contribution in [3.8, 4) is 0 Å². The van der Waals surface area contributed by atoms with Gasteiger partial charge in [0.25, 0.3) is 0 Å². The van der Waals surface area contributed by atoms with Crippen LogP contribution in [0.4, 0.5) is 10.5 Å². The second-order valence-electron chi connectivity index (χ2n) is 2.52. The number of hydrogen-bond donors (Lipinski definition) is 2. The average molecular weight is 216 g/mol. The number of urea groups is 1. The van der Waals surface area contributed by atoms with Gasteiger partial charge in [-0.25, -0.2) is 10.3 Å². The zero-order valence-electron chi connectivity index (χ0n) is 7.80. The number of carbonyl (C=O) groups is 1. The van der Waals surface area contributed by atoms with Gasteiger partial charge in [0.05, 0.1) is 23.5 Å². The number of anilines is 1. The molecular formula is C8H10ClN3O2. The quantitative estimate of drug-likeness (QED) is 0.739. The van der Waals surface area contributed by atoms with Gasteiger partial charge < -0.3 is 5.32 Å². The van der Waals surface area contributed by atoms with Gasteiger partial charge in [0.15, 0.2) is 0 Å². The molecule has 2 amide bonds. The number of rotatable bonds is 2. The fourth-order valence-corrected chi connectivity index (χ4v) is 1.04. The minimum absolute atomic E-state index is 0.416. The first-order valence-corrected chi connectivity index (χ1v) is 4.24. The zero-order valence-corrected chi connectivity index (χ0v) is 8.55.